The van der Waals surface area contributed by atoms with Gasteiger partial charge in [-0.25, -0.2) is 4.39 Å². The zero-order chi connectivity index (χ0) is 17.7. The molecular formula is C19H23ClFNO2. The Morgan fingerprint density at radius 2 is 2.12 bits per heavy atom. The fourth-order valence-corrected chi connectivity index (χ4v) is 3.29. The van der Waals surface area contributed by atoms with Gasteiger partial charge in [-0.1, -0.05) is 48.6 Å². The molecule has 0 amide bonds. The van der Waals surface area contributed by atoms with Gasteiger partial charge in [0.15, 0.2) is 0 Å². The number of hydrogen-bond donors (Lipinski definition) is 1. The van der Waals surface area contributed by atoms with Crippen molar-refractivity contribution in [3.8, 4) is 0 Å². The van der Waals surface area contributed by atoms with E-state index in [0.717, 1.165) is 13.0 Å². The zero-order valence-corrected chi connectivity index (χ0v) is 14.5. The molecule has 1 N–H and O–H groups in total. The maximum Gasteiger partial charge on any atom is 0.308 e. The van der Waals surface area contributed by atoms with E-state index in [1.54, 1.807) is 6.92 Å². The van der Waals surface area contributed by atoms with Gasteiger partial charge in [0, 0.05) is 25.6 Å². The maximum absolute atomic E-state index is 13.9. The van der Waals surface area contributed by atoms with Gasteiger partial charge in [-0.05, 0) is 30.9 Å². The highest BCUT2D eigenvalue weighted by Gasteiger charge is 2.39. The highest BCUT2D eigenvalue weighted by atomic mass is 35.5. The van der Waals surface area contributed by atoms with Crippen molar-refractivity contribution in [1.82, 2.24) is 4.90 Å². The van der Waals surface area contributed by atoms with Crippen molar-refractivity contribution in [2.24, 2.45) is 17.8 Å². The summed E-state index contributed by atoms with van der Waals surface area (Å²) >= 11 is 5.76. The number of hydrogen-bond acceptors (Lipinski definition) is 2. The maximum atomic E-state index is 13.9. The Bertz CT molecular complexity index is 621. The van der Waals surface area contributed by atoms with Crippen LogP contribution in [0.2, 0.25) is 0 Å². The van der Waals surface area contributed by atoms with E-state index in [0.29, 0.717) is 24.6 Å². The van der Waals surface area contributed by atoms with Crippen LogP contribution in [0.4, 0.5) is 4.39 Å². The lowest BCUT2D eigenvalue weighted by atomic mass is 9.89. The average molecular weight is 352 g/mol. The van der Waals surface area contributed by atoms with Crippen LogP contribution >= 0.6 is 11.6 Å². The molecule has 0 spiro atoms. The van der Waals surface area contributed by atoms with Crippen LogP contribution < -0.4 is 0 Å². The van der Waals surface area contributed by atoms with E-state index < -0.39 is 17.7 Å². The molecule has 2 rings (SSSR count). The molecule has 5 heteroatoms. The summed E-state index contributed by atoms with van der Waals surface area (Å²) in [6, 6.07) is 0. The van der Waals surface area contributed by atoms with Crippen molar-refractivity contribution in [3.05, 3.63) is 59.5 Å². The molecule has 0 aromatic rings. The summed E-state index contributed by atoms with van der Waals surface area (Å²) in [5.74, 6) is -1.94. The van der Waals surface area contributed by atoms with Gasteiger partial charge < -0.3 is 10.0 Å². The second-order valence-electron chi connectivity index (χ2n) is 6.28. The number of carboxylic acid groups (broad SMARTS) is 1. The fourth-order valence-electron chi connectivity index (χ4n) is 3.24. The van der Waals surface area contributed by atoms with Gasteiger partial charge in [-0.3, -0.25) is 4.79 Å². The van der Waals surface area contributed by atoms with E-state index in [2.05, 4.69) is 23.6 Å². The molecule has 0 aromatic carbocycles. The Balaban J connectivity index is 2.07. The van der Waals surface area contributed by atoms with E-state index in [-0.39, 0.29) is 11.0 Å². The number of carbonyl (C=O) groups is 1. The zero-order valence-electron chi connectivity index (χ0n) is 13.8. The van der Waals surface area contributed by atoms with Crippen molar-refractivity contribution >= 4 is 17.6 Å². The number of allylic oxidation sites excluding steroid dienone is 7. The Hall–Kier alpha value is -1.65. The Morgan fingerprint density at radius 3 is 2.71 bits per heavy atom. The first-order valence-electron chi connectivity index (χ1n) is 8.09. The lowest BCUT2D eigenvalue weighted by molar-refractivity contribution is -0.142. The van der Waals surface area contributed by atoms with Crippen LogP contribution in [0.1, 0.15) is 13.3 Å². The minimum Gasteiger partial charge on any atom is -0.481 e. The van der Waals surface area contributed by atoms with Gasteiger partial charge in [-0.2, -0.15) is 0 Å². The van der Waals surface area contributed by atoms with Crippen LogP contribution in [-0.4, -0.2) is 35.6 Å². The van der Waals surface area contributed by atoms with E-state index in [1.807, 2.05) is 12.2 Å². The molecule has 1 saturated heterocycles. The second-order valence-corrected chi connectivity index (χ2v) is 6.69. The molecule has 1 aliphatic carbocycles. The third kappa shape index (κ3) is 4.68. The van der Waals surface area contributed by atoms with Crippen molar-refractivity contribution < 1.29 is 14.3 Å². The van der Waals surface area contributed by atoms with E-state index >= 15 is 0 Å². The summed E-state index contributed by atoms with van der Waals surface area (Å²) in [6.07, 6.45) is 12.0. The molecule has 0 bridgehead atoms. The average Bonchev–Trinajstić information content (AvgIpc) is 2.99. The van der Waals surface area contributed by atoms with Crippen LogP contribution in [0.5, 0.6) is 0 Å². The standard InChI is InChI=1S/C19H23ClFNO2/c1-3-17(20)18(21)9-13(2)15-11-22(12-16(15)19(23)24)10-14-7-5-4-6-8-14/h3-7,9,14-16H,2,8,10-12H2,1H3,(H,23,24)/b17-3+,18-9+/t14?,15-,16+/m0/s1. The monoisotopic (exact) mass is 351 g/mol. The van der Waals surface area contributed by atoms with Crippen LogP contribution in [0.3, 0.4) is 0 Å². The SMILES string of the molecule is C=C(/C=C(F)\C(Cl)=C/C)[C@@H]1CN(CC2C=CC=CC2)C[C@H]1C(=O)O. The third-order valence-corrected chi connectivity index (χ3v) is 4.94. The number of aliphatic carboxylic acids is 1. The van der Waals surface area contributed by atoms with Crippen molar-refractivity contribution in [1.29, 1.82) is 0 Å². The fraction of sp³-hybridized carbons (Fsp3) is 0.421. The van der Waals surface area contributed by atoms with Gasteiger partial charge in [0.25, 0.3) is 0 Å². The summed E-state index contributed by atoms with van der Waals surface area (Å²) in [5, 5.41) is 9.51. The molecule has 0 aromatic heterocycles. The molecule has 1 fully saturated rings. The van der Waals surface area contributed by atoms with Crippen molar-refractivity contribution in [3.63, 3.8) is 0 Å². The first-order valence-corrected chi connectivity index (χ1v) is 8.46. The van der Waals surface area contributed by atoms with Gasteiger partial charge >= 0.3 is 5.97 Å². The first kappa shape index (κ1) is 18.7. The summed E-state index contributed by atoms with van der Waals surface area (Å²) in [5.41, 5.74) is 0.474. The minimum atomic E-state index is -0.867. The molecule has 1 aliphatic heterocycles. The molecule has 3 atom stereocenters. The van der Waals surface area contributed by atoms with Crippen LogP contribution in [0, 0.1) is 17.8 Å². The van der Waals surface area contributed by atoms with Gasteiger partial charge in [0.2, 0.25) is 0 Å². The number of rotatable bonds is 6. The highest BCUT2D eigenvalue weighted by Crippen LogP contribution is 2.32. The number of nitrogens with zero attached hydrogens (tertiary/aromatic N) is 1. The third-order valence-electron chi connectivity index (χ3n) is 4.54. The van der Waals surface area contributed by atoms with Crippen molar-refractivity contribution in [2.45, 2.75) is 13.3 Å². The molecule has 1 heterocycles. The summed E-state index contributed by atoms with van der Waals surface area (Å²) in [6.45, 7) is 7.36. The molecule has 3 nitrogen and oxygen atoms in total. The predicted octanol–water partition coefficient (Wildman–Crippen LogP) is 4.30. The van der Waals surface area contributed by atoms with Gasteiger partial charge in [-0.15, -0.1) is 0 Å². The summed E-state index contributed by atoms with van der Waals surface area (Å²) < 4.78 is 13.9. The van der Waals surface area contributed by atoms with Crippen molar-refractivity contribution in [2.75, 3.05) is 19.6 Å². The topological polar surface area (TPSA) is 40.5 Å². The number of carboxylic acids is 1. The van der Waals surface area contributed by atoms with E-state index in [4.69, 9.17) is 11.6 Å². The van der Waals surface area contributed by atoms with E-state index in [1.165, 1.54) is 12.2 Å². The van der Waals surface area contributed by atoms with Crippen LogP contribution in [0.25, 0.3) is 0 Å². The Kier molecular flexibility index (Phi) is 6.58. The molecule has 0 saturated carbocycles. The normalized spacial score (nSPS) is 28.4. The quantitative estimate of drug-likeness (QED) is 0.725. The summed E-state index contributed by atoms with van der Waals surface area (Å²) in [7, 11) is 0. The van der Waals surface area contributed by atoms with Crippen LogP contribution in [0.15, 0.2) is 59.5 Å². The first-order chi connectivity index (χ1) is 11.4. The minimum absolute atomic E-state index is 0.0111. The molecule has 24 heavy (non-hydrogen) atoms. The second kappa shape index (κ2) is 8.45. The lowest BCUT2D eigenvalue weighted by Crippen LogP contribution is -2.28. The lowest BCUT2D eigenvalue weighted by Gasteiger charge is -2.21. The van der Waals surface area contributed by atoms with Gasteiger partial charge in [0.1, 0.15) is 5.83 Å². The number of likely N-dealkylation sites (tertiary alicyclic amines) is 1. The molecular weight excluding hydrogens is 329 g/mol. The smallest absolute Gasteiger partial charge is 0.308 e. The molecule has 2 aliphatic rings. The highest BCUT2D eigenvalue weighted by molar-refractivity contribution is 6.31. The Labute approximate surface area is 147 Å². The number of halogens is 2. The summed E-state index contributed by atoms with van der Waals surface area (Å²) in [4.78, 5) is 13.7. The predicted molar refractivity (Wildman–Crippen MR) is 95.4 cm³/mol. The Morgan fingerprint density at radius 1 is 1.42 bits per heavy atom. The molecule has 1 unspecified atom stereocenters. The largest absolute Gasteiger partial charge is 0.481 e. The molecule has 0 radical (unpaired) electrons. The van der Waals surface area contributed by atoms with Crippen LogP contribution in [-0.2, 0) is 4.79 Å². The van der Waals surface area contributed by atoms with Gasteiger partial charge in [0.05, 0.1) is 11.0 Å². The van der Waals surface area contributed by atoms with E-state index in [9.17, 15) is 14.3 Å². The molecule has 130 valence electrons.